The van der Waals surface area contributed by atoms with Crippen LogP contribution in [0.3, 0.4) is 0 Å². The lowest BCUT2D eigenvalue weighted by atomic mass is 10.1. The minimum absolute atomic E-state index is 0.0265. The SMILES string of the molecule is CN(C)c1ccc(CCC(=O)Nc2ccccc2Br)cc1. The first-order valence-electron chi connectivity index (χ1n) is 6.87. The second kappa shape index (κ2) is 7.27. The molecule has 0 bridgehead atoms. The van der Waals surface area contributed by atoms with Gasteiger partial charge in [0.15, 0.2) is 0 Å². The highest BCUT2D eigenvalue weighted by Gasteiger charge is 2.05. The molecule has 0 saturated carbocycles. The molecule has 0 heterocycles. The standard InChI is InChI=1S/C17H19BrN2O/c1-20(2)14-10-7-13(8-11-14)9-12-17(21)19-16-6-4-3-5-15(16)18/h3-8,10-11H,9,12H2,1-2H3,(H,19,21). The van der Waals surface area contributed by atoms with Crippen molar-refractivity contribution in [1.29, 1.82) is 0 Å². The summed E-state index contributed by atoms with van der Waals surface area (Å²) in [7, 11) is 4.03. The van der Waals surface area contributed by atoms with E-state index in [9.17, 15) is 4.79 Å². The Morgan fingerprint density at radius 3 is 2.38 bits per heavy atom. The molecule has 2 aromatic carbocycles. The fourth-order valence-electron chi connectivity index (χ4n) is 1.99. The molecule has 1 amide bonds. The Morgan fingerprint density at radius 1 is 1.10 bits per heavy atom. The highest BCUT2D eigenvalue weighted by molar-refractivity contribution is 9.10. The topological polar surface area (TPSA) is 32.3 Å². The predicted octanol–water partition coefficient (Wildman–Crippen LogP) is 4.09. The highest BCUT2D eigenvalue weighted by Crippen LogP contribution is 2.21. The largest absolute Gasteiger partial charge is 0.378 e. The number of hydrogen-bond acceptors (Lipinski definition) is 2. The van der Waals surface area contributed by atoms with Crippen molar-refractivity contribution in [3.8, 4) is 0 Å². The number of nitrogens with one attached hydrogen (secondary N) is 1. The van der Waals surface area contributed by atoms with Crippen molar-refractivity contribution < 1.29 is 4.79 Å². The number of carbonyl (C=O) groups excluding carboxylic acids is 1. The van der Waals surface area contributed by atoms with Crippen LogP contribution in [0.15, 0.2) is 53.0 Å². The number of nitrogens with zero attached hydrogens (tertiary/aromatic N) is 1. The second-order valence-electron chi connectivity index (χ2n) is 5.09. The van der Waals surface area contributed by atoms with Gasteiger partial charge in [-0.25, -0.2) is 0 Å². The monoisotopic (exact) mass is 346 g/mol. The van der Waals surface area contributed by atoms with E-state index in [0.717, 1.165) is 22.3 Å². The number of benzene rings is 2. The quantitative estimate of drug-likeness (QED) is 0.884. The van der Waals surface area contributed by atoms with Crippen molar-refractivity contribution in [1.82, 2.24) is 0 Å². The summed E-state index contributed by atoms with van der Waals surface area (Å²) in [4.78, 5) is 14.0. The van der Waals surface area contributed by atoms with E-state index in [4.69, 9.17) is 0 Å². The zero-order chi connectivity index (χ0) is 15.2. The summed E-state index contributed by atoms with van der Waals surface area (Å²) in [6.45, 7) is 0. The molecule has 0 saturated heterocycles. The first kappa shape index (κ1) is 15.6. The predicted molar refractivity (Wildman–Crippen MR) is 91.9 cm³/mol. The molecule has 0 spiro atoms. The smallest absolute Gasteiger partial charge is 0.224 e. The average Bonchev–Trinajstić information content (AvgIpc) is 2.48. The Hall–Kier alpha value is -1.81. The average molecular weight is 347 g/mol. The highest BCUT2D eigenvalue weighted by atomic mass is 79.9. The molecule has 2 rings (SSSR count). The van der Waals surface area contributed by atoms with E-state index in [2.05, 4.69) is 50.4 Å². The van der Waals surface area contributed by atoms with Gasteiger partial charge < -0.3 is 10.2 Å². The molecule has 0 fully saturated rings. The van der Waals surface area contributed by atoms with E-state index in [0.29, 0.717) is 6.42 Å². The van der Waals surface area contributed by atoms with Crippen LogP contribution in [0.1, 0.15) is 12.0 Å². The molecule has 3 nitrogen and oxygen atoms in total. The van der Waals surface area contributed by atoms with Gasteiger partial charge in [-0.3, -0.25) is 4.79 Å². The normalized spacial score (nSPS) is 10.2. The number of amides is 1. The third-order valence-corrected chi connectivity index (χ3v) is 3.93. The Morgan fingerprint density at radius 2 is 1.76 bits per heavy atom. The van der Waals surface area contributed by atoms with Crippen molar-refractivity contribution in [2.45, 2.75) is 12.8 Å². The van der Waals surface area contributed by atoms with Gasteiger partial charge in [0, 0.05) is 30.7 Å². The van der Waals surface area contributed by atoms with E-state index in [1.165, 1.54) is 5.56 Å². The molecule has 21 heavy (non-hydrogen) atoms. The molecular weight excluding hydrogens is 328 g/mol. The van der Waals surface area contributed by atoms with E-state index in [-0.39, 0.29) is 5.91 Å². The Bertz CT molecular complexity index is 608. The van der Waals surface area contributed by atoms with E-state index in [1.807, 2.05) is 38.4 Å². The van der Waals surface area contributed by atoms with Gasteiger partial charge in [0.2, 0.25) is 5.91 Å². The molecule has 0 atom stereocenters. The number of carbonyl (C=O) groups is 1. The zero-order valence-corrected chi connectivity index (χ0v) is 13.9. The van der Waals surface area contributed by atoms with Crippen LogP contribution < -0.4 is 10.2 Å². The van der Waals surface area contributed by atoms with Crippen molar-refractivity contribution in [3.05, 3.63) is 58.6 Å². The summed E-state index contributed by atoms with van der Waals surface area (Å²) in [6.07, 6.45) is 1.21. The number of aryl methyl sites for hydroxylation is 1. The van der Waals surface area contributed by atoms with Crippen LogP contribution in [-0.2, 0) is 11.2 Å². The van der Waals surface area contributed by atoms with Crippen LogP contribution in [0.2, 0.25) is 0 Å². The van der Waals surface area contributed by atoms with Gasteiger partial charge in [-0.1, -0.05) is 24.3 Å². The summed E-state index contributed by atoms with van der Waals surface area (Å²) in [6, 6.07) is 15.9. The third kappa shape index (κ3) is 4.60. The molecule has 2 aromatic rings. The number of hydrogen-bond donors (Lipinski definition) is 1. The van der Waals surface area contributed by atoms with Crippen molar-refractivity contribution in [2.24, 2.45) is 0 Å². The van der Waals surface area contributed by atoms with Crippen LogP contribution in [-0.4, -0.2) is 20.0 Å². The van der Waals surface area contributed by atoms with Gasteiger partial charge in [0.25, 0.3) is 0 Å². The number of anilines is 2. The maximum Gasteiger partial charge on any atom is 0.224 e. The van der Waals surface area contributed by atoms with Gasteiger partial charge in [-0.15, -0.1) is 0 Å². The summed E-state index contributed by atoms with van der Waals surface area (Å²) in [5.74, 6) is 0.0265. The lowest BCUT2D eigenvalue weighted by molar-refractivity contribution is -0.116. The Balaban J connectivity index is 1.88. The molecule has 1 N–H and O–H groups in total. The first-order valence-corrected chi connectivity index (χ1v) is 7.66. The van der Waals surface area contributed by atoms with Crippen LogP contribution in [0.25, 0.3) is 0 Å². The minimum atomic E-state index is 0.0265. The maximum absolute atomic E-state index is 12.0. The summed E-state index contributed by atoms with van der Waals surface area (Å²) < 4.78 is 0.897. The van der Waals surface area contributed by atoms with Crippen LogP contribution in [0, 0.1) is 0 Å². The van der Waals surface area contributed by atoms with Crippen LogP contribution >= 0.6 is 15.9 Å². The molecule has 0 aliphatic rings. The van der Waals surface area contributed by atoms with Gasteiger partial charge >= 0.3 is 0 Å². The molecule has 4 heteroatoms. The summed E-state index contributed by atoms with van der Waals surface area (Å²) in [5.41, 5.74) is 3.14. The molecule has 0 aliphatic heterocycles. The van der Waals surface area contributed by atoms with E-state index < -0.39 is 0 Å². The lowest BCUT2D eigenvalue weighted by Crippen LogP contribution is -2.12. The molecule has 0 radical (unpaired) electrons. The van der Waals surface area contributed by atoms with Crippen LogP contribution in [0.5, 0.6) is 0 Å². The summed E-state index contributed by atoms with van der Waals surface area (Å²) in [5, 5.41) is 2.92. The van der Waals surface area contributed by atoms with Gasteiger partial charge in [0.05, 0.1) is 5.69 Å². The van der Waals surface area contributed by atoms with Gasteiger partial charge in [0.1, 0.15) is 0 Å². The van der Waals surface area contributed by atoms with E-state index >= 15 is 0 Å². The van der Waals surface area contributed by atoms with Gasteiger partial charge in [-0.2, -0.15) is 0 Å². The molecular formula is C17H19BrN2O. The second-order valence-corrected chi connectivity index (χ2v) is 5.94. The number of rotatable bonds is 5. The van der Waals surface area contributed by atoms with Crippen LogP contribution in [0.4, 0.5) is 11.4 Å². The van der Waals surface area contributed by atoms with E-state index in [1.54, 1.807) is 0 Å². The lowest BCUT2D eigenvalue weighted by Gasteiger charge is -2.12. The minimum Gasteiger partial charge on any atom is -0.378 e. The van der Waals surface area contributed by atoms with Crippen molar-refractivity contribution in [2.75, 3.05) is 24.3 Å². The van der Waals surface area contributed by atoms with Crippen molar-refractivity contribution in [3.63, 3.8) is 0 Å². The molecule has 0 unspecified atom stereocenters. The molecule has 0 aromatic heterocycles. The fraction of sp³-hybridized carbons (Fsp3) is 0.235. The fourth-order valence-corrected chi connectivity index (χ4v) is 2.38. The van der Waals surface area contributed by atoms with Gasteiger partial charge in [-0.05, 0) is 52.2 Å². The Labute approximate surface area is 134 Å². The Kier molecular flexibility index (Phi) is 5.39. The maximum atomic E-state index is 12.0. The van der Waals surface area contributed by atoms with Crippen molar-refractivity contribution >= 4 is 33.2 Å². The summed E-state index contributed by atoms with van der Waals surface area (Å²) >= 11 is 3.42. The number of para-hydroxylation sites is 1. The number of halogens is 1. The molecule has 110 valence electrons. The first-order chi connectivity index (χ1) is 10.1. The molecule has 0 aliphatic carbocycles. The third-order valence-electron chi connectivity index (χ3n) is 3.24. The zero-order valence-electron chi connectivity index (χ0n) is 12.3.